The van der Waals surface area contributed by atoms with Gasteiger partial charge in [-0.3, -0.25) is 4.57 Å². The molecular formula is C76H86N5+. The fourth-order valence-electron chi connectivity index (χ4n) is 14.6. The second kappa shape index (κ2) is 23.3. The van der Waals surface area contributed by atoms with Gasteiger partial charge < -0.3 is 10.6 Å². The molecule has 5 atom stereocenters. The molecule has 2 N–H and O–H groups in total. The molecule has 4 aliphatic rings. The van der Waals surface area contributed by atoms with Gasteiger partial charge in [0.15, 0.2) is 0 Å². The molecular weight excluding hydrogens is 983 g/mol. The lowest BCUT2D eigenvalue weighted by molar-refractivity contribution is 0.449. The molecule has 0 spiro atoms. The average Bonchev–Trinajstić information content (AvgIpc) is 4.27. The van der Waals surface area contributed by atoms with Gasteiger partial charge in [0.05, 0.1) is 16.8 Å². The Hall–Kier alpha value is -7.33. The van der Waals surface area contributed by atoms with Gasteiger partial charge in [-0.05, 0) is 149 Å². The third-order valence-corrected chi connectivity index (χ3v) is 19.3. The van der Waals surface area contributed by atoms with Crippen LogP contribution >= 0.6 is 0 Å². The molecule has 8 aromatic rings. The fraction of sp³-hybridized carbons (Fsp3) is 0.368. The van der Waals surface area contributed by atoms with Gasteiger partial charge in [0.25, 0.3) is 0 Å². The number of nitrogen functional groups attached to an aromatic ring is 1. The minimum atomic E-state index is 0.118. The number of nitrogens with zero attached hydrogens (tertiary/aromatic N) is 4. The zero-order valence-electron chi connectivity index (χ0n) is 49.8. The summed E-state index contributed by atoms with van der Waals surface area (Å²) in [6.07, 6.45) is 30.1. The molecule has 414 valence electrons. The van der Waals surface area contributed by atoms with Crippen molar-refractivity contribution in [3.8, 4) is 33.6 Å². The van der Waals surface area contributed by atoms with E-state index in [4.69, 9.17) is 10.4 Å². The predicted molar refractivity (Wildman–Crippen MR) is 349 cm³/mol. The van der Waals surface area contributed by atoms with Crippen molar-refractivity contribution in [2.75, 3.05) is 10.6 Å². The van der Waals surface area contributed by atoms with E-state index in [9.17, 15) is 0 Å². The van der Waals surface area contributed by atoms with Gasteiger partial charge in [-0.25, -0.2) is 4.67 Å². The molecule has 0 fully saturated rings. The summed E-state index contributed by atoms with van der Waals surface area (Å²) < 4.78 is 10.4. The number of benzene rings is 6. The van der Waals surface area contributed by atoms with E-state index in [1.165, 1.54) is 172 Å². The summed E-state index contributed by atoms with van der Waals surface area (Å²) in [6, 6.07) is 47.1. The zero-order valence-corrected chi connectivity index (χ0v) is 49.8. The Morgan fingerprint density at radius 3 is 1.85 bits per heavy atom. The molecule has 0 saturated carbocycles. The minimum Gasteiger partial charge on any atom is -0.384 e. The van der Waals surface area contributed by atoms with Gasteiger partial charge in [-0.15, -0.1) is 0 Å². The highest BCUT2D eigenvalue weighted by atomic mass is 15.2. The summed E-state index contributed by atoms with van der Waals surface area (Å²) in [5.74, 6) is 3.05. The Labute approximate surface area is 483 Å². The molecule has 0 saturated heterocycles. The standard InChI is InChI=1S/C76H86N5/c1-9-16-22-50(13-5)41-53-27-30-55(31-28-53)56-32-34-58(35-33-56)79-73-48-65-60-37-38-62-67-46-59(36-40-72(67)81(74(62)49(60)8)70-26-20-19-25-61(70)64(65)47-68(73)63(21-12-4)75(79)77)80-71-39-29-54(42-51(14-6)23-17-10-2)44-66(71)69-45-57(78-76(69)80)43-52(15-7)24-18-11-3/h12,19-21,25-40,44-52,74H,9-11,13-18,22-24,41-43,77H2,1-8H3/q+1/b21-12-,64-61?,65-60?. The van der Waals surface area contributed by atoms with E-state index >= 15 is 0 Å². The lowest BCUT2D eigenvalue weighted by atomic mass is 9.76. The molecule has 5 heteroatoms. The van der Waals surface area contributed by atoms with Gasteiger partial charge in [0, 0.05) is 62.9 Å². The number of fused-ring (bicyclic) bond motifs is 13. The Balaban J connectivity index is 0.955. The van der Waals surface area contributed by atoms with E-state index in [1.807, 2.05) is 0 Å². The van der Waals surface area contributed by atoms with Crippen LogP contribution in [0.3, 0.4) is 0 Å². The molecule has 5 heterocycles. The maximum absolute atomic E-state index is 7.33. The van der Waals surface area contributed by atoms with Crippen molar-refractivity contribution in [3.05, 3.63) is 178 Å². The lowest BCUT2D eigenvalue weighted by Crippen LogP contribution is -2.36. The molecule has 3 aliphatic heterocycles. The SMILES string of the molecule is C/C=C\c1c(N)n(-c2ccc(-c3ccc(CC(CC)CCCC)cc3)cc2)c2cc3c(cc12)-c1ccccc1N1c2ccc(-n4c5c(c6cc(CC(CC)CCCC)ccc64)=CC(CC(CC)CCCC)=[N+]=5)cc2C2=CC=C3C(C)C21. The van der Waals surface area contributed by atoms with E-state index in [-0.39, 0.29) is 12.0 Å². The Bertz CT molecular complexity index is 3920. The zero-order chi connectivity index (χ0) is 55.9. The maximum atomic E-state index is 7.33. The van der Waals surface area contributed by atoms with Crippen molar-refractivity contribution < 1.29 is 0 Å². The first-order valence-electron chi connectivity index (χ1n) is 31.5. The lowest BCUT2D eigenvalue weighted by Gasteiger charge is -2.39. The largest absolute Gasteiger partial charge is 0.388 e. The Morgan fingerprint density at radius 1 is 0.556 bits per heavy atom. The van der Waals surface area contributed by atoms with Crippen LogP contribution in [0.5, 0.6) is 0 Å². The molecule has 2 aromatic heterocycles. The van der Waals surface area contributed by atoms with Gasteiger partial charge >= 0.3 is 5.49 Å². The smallest absolute Gasteiger partial charge is 0.384 e. The van der Waals surface area contributed by atoms with Crippen molar-refractivity contribution in [1.29, 1.82) is 0 Å². The topological polar surface area (TPSA) is 53.2 Å². The van der Waals surface area contributed by atoms with Crippen LogP contribution in [-0.4, -0.2) is 20.9 Å². The van der Waals surface area contributed by atoms with Crippen molar-refractivity contribution in [2.24, 2.45) is 23.7 Å². The first-order chi connectivity index (χ1) is 39.7. The van der Waals surface area contributed by atoms with Crippen LogP contribution in [0.25, 0.3) is 78.7 Å². The third-order valence-electron chi connectivity index (χ3n) is 19.3. The number of allylic oxidation sites excluding steroid dienone is 3. The summed E-state index contributed by atoms with van der Waals surface area (Å²) in [4.78, 5) is 2.67. The number of rotatable bonds is 22. The van der Waals surface area contributed by atoms with E-state index < -0.39 is 0 Å². The normalized spacial score (nSPS) is 16.9. The van der Waals surface area contributed by atoms with Crippen LogP contribution in [-0.2, 0) is 12.8 Å². The van der Waals surface area contributed by atoms with Gasteiger partial charge in [-0.2, -0.15) is 4.57 Å². The summed E-state index contributed by atoms with van der Waals surface area (Å²) in [7, 11) is 0. The predicted octanol–water partition coefficient (Wildman–Crippen LogP) is 18.5. The van der Waals surface area contributed by atoms with Crippen LogP contribution in [0.2, 0.25) is 0 Å². The molecule has 12 rings (SSSR count). The Kier molecular flexibility index (Phi) is 15.6. The number of anilines is 3. The number of aromatic nitrogens is 2. The molecule has 5 unspecified atom stereocenters. The van der Waals surface area contributed by atoms with E-state index in [2.05, 4.69) is 221 Å². The summed E-state index contributed by atoms with van der Waals surface area (Å²) in [5.41, 5.74) is 30.9. The highest BCUT2D eigenvalue weighted by Gasteiger charge is 2.44. The monoisotopic (exact) mass is 1070 g/mol. The highest BCUT2D eigenvalue weighted by molar-refractivity contribution is 6.12. The first kappa shape index (κ1) is 54.3. The van der Waals surface area contributed by atoms with Crippen LogP contribution in [0, 0.1) is 23.7 Å². The molecule has 2 bridgehead atoms. The molecule has 1 aliphatic carbocycles. The van der Waals surface area contributed by atoms with Crippen molar-refractivity contribution in [1.82, 2.24) is 13.8 Å². The van der Waals surface area contributed by atoms with Crippen molar-refractivity contribution in [3.63, 3.8) is 0 Å². The maximum Gasteiger partial charge on any atom is 0.388 e. The van der Waals surface area contributed by atoms with E-state index in [0.29, 0.717) is 11.8 Å². The van der Waals surface area contributed by atoms with Crippen LogP contribution in [0.15, 0.2) is 140 Å². The van der Waals surface area contributed by atoms with Crippen LogP contribution < -0.4 is 26.0 Å². The summed E-state index contributed by atoms with van der Waals surface area (Å²) >= 11 is 0. The van der Waals surface area contributed by atoms with Crippen LogP contribution in [0.4, 0.5) is 17.2 Å². The van der Waals surface area contributed by atoms with Crippen molar-refractivity contribution >= 4 is 68.0 Å². The number of hydrogen-bond donors (Lipinski definition) is 1. The van der Waals surface area contributed by atoms with Crippen molar-refractivity contribution in [2.45, 2.75) is 158 Å². The molecule has 6 aromatic carbocycles. The Morgan fingerprint density at radius 2 is 1.17 bits per heavy atom. The third kappa shape index (κ3) is 9.88. The van der Waals surface area contributed by atoms with E-state index in [0.717, 1.165) is 58.6 Å². The van der Waals surface area contributed by atoms with Gasteiger partial charge in [0.2, 0.25) is 5.71 Å². The second-order valence-electron chi connectivity index (χ2n) is 24.4. The van der Waals surface area contributed by atoms with Gasteiger partial charge in [0.1, 0.15) is 17.0 Å². The van der Waals surface area contributed by atoms with Gasteiger partial charge in [-0.1, -0.05) is 204 Å². The number of unbranched alkanes of at least 4 members (excludes halogenated alkanes) is 3. The first-order valence-corrected chi connectivity index (χ1v) is 31.5. The molecule has 0 amide bonds. The van der Waals surface area contributed by atoms with E-state index in [1.54, 1.807) is 0 Å². The highest BCUT2D eigenvalue weighted by Crippen LogP contribution is 2.57. The number of para-hydroxylation sites is 1. The molecule has 0 radical (unpaired) electrons. The van der Waals surface area contributed by atoms with Crippen LogP contribution in [0.1, 0.15) is 167 Å². The molecule has 81 heavy (non-hydrogen) atoms. The molecule has 5 nitrogen and oxygen atoms in total. The number of hydrogen-bond acceptors (Lipinski definition) is 2. The average molecular weight is 1070 g/mol. The fourth-order valence-corrected chi connectivity index (χ4v) is 14.6. The summed E-state index contributed by atoms with van der Waals surface area (Å²) in [5, 5.41) is 3.78. The second-order valence-corrected chi connectivity index (χ2v) is 24.4. The quantitative estimate of drug-likeness (QED) is 0.0688. The summed E-state index contributed by atoms with van der Waals surface area (Å²) in [6.45, 7) is 18.5. The minimum absolute atomic E-state index is 0.118. The number of nitrogens with two attached hydrogens (primary N) is 1.